The molecular formula is C43H60F2N10O4. The molecule has 2 saturated heterocycles. The van der Waals surface area contributed by atoms with Gasteiger partial charge in [0.05, 0.1) is 34.2 Å². The van der Waals surface area contributed by atoms with Crippen LogP contribution in [0.4, 0.5) is 8.78 Å². The predicted octanol–water partition coefficient (Wildman–Crippen LogP) is 4.20. The molecule has 0 saturated carbocycles. The van der Waals surface area contributed by atoms with Crippen LogP contribution < -0.4 is 21.3 Å². The van der Waals surface area contributed by atoms with E-state index in [0.29, 0.717) is 79.2 Å². The van der Waals surface area contributed by atoms with E-state index < -0.39 is 35.8 Å². The summed E-state index contributed by atoms with van der Waals surface area (Å²) in [5.41, 5.74) is 2.08. The second-order valence-electron chi connectivity index (χ2n) is 17.0. The Morgan fingerprint density at radius 3 is 1.59 bits per heavy atom. The summed E-state index contributed by atoms with van der Waals surface area (Å²) in [6.45, 7) is 13.0. The molecule has 16 heteroatoms. The number of carbonyl (C=O) groups is 4. The zero-order valence-electron chi connectivity index (χ0n) is 35.5. The number of hydrogen-bond donors (Lipinski definition) is 4. The van der Waals surface area contributed by atoms with Crippen LogP contribution in [0.5, 0.6) is 0 Å². The smallest absolute Gasteiger partial charge is 0.245 e. The molecule has 6 atom stereocenters. The Kier molecular flexibility index (Phi) is 13.7. The first-order valence-electron chi connectivity index (χ1n) is 21.0. The molecule has 4 N–H and O–H groups in total. The van der Waals surface area contributed by atoms with E-state index in [1.165, 1.54) is 24.3 Å². The molecule has 320 valence electrons. The molecule has 0 aliphatic carbocycles. The lowest BCUT2D eigenvalue weighted by molar-refractivity contribution is -0.139. The van der Waals surface area contributed by atoms with E-state index in [4.69, 9.17) is 9.97 Å². The molecule has 4 amide bonds. The van der Waals surface area contributed by atoms with Gasteiger partial charge in [-0.2, -0.15) is 0 Å². The first-order chi connectivity index (χ1) is 28.1. The van der Waals surface area contributed by atoms with Crippen LogP contribution in [0.1, 0.15) is 73.6 Å². The highest BCUT2D eigenvalue weighted by atomic mass is 19.1. The van der Waals surface area contributed by atoms with Crippen LogP contribution in [0.3, 0.4) is 0 Å². The number of hydrogen-bond acceptors (Lipinski definition) is 8. The molecule has 2 aliphatic rings. The van der Waals surface area contributed by atoms with Gasteiger partial charge in [0.25, 0.3) is 0 Å². The van der Waals surface area contributed by atoms with E-state index in [0.717, 1.165) is 12.8 Å². The largest absolute Gasteiger partial charge is 0.343 e. The van der Waals surface area contributed by atoms with Crippen LogP contribution in [0.15, 0.2) is 36.4 Å². The van der Waals surface area contributed by atoms with Crippen molar-refractivity contribution in [2.24, 2.45) is 11.8 Å². The van der Waals surface area contributed by atoms with E-state index in [2.05, 4.69) is 21.3 Å². The highest BCUT2D eigenvalue weighted by Gasteiger charge is 2.38. The number of likely N-dealkylation sites (N-methyl/N-ethyl adjacent to an activating group) is 2. The van der Waals surface area contributed by atoms with Crippen molar-refractivity contribution < 1.29 is 28.0 Å². The molecule has 14 nitrogen and oxygen atoms in total. The Labute approximate surface area is 344 Å². The molecule has 0 unspecified atom stereocenters. The fourth-order valence-corrected chi connectivity index (χ4v) is 8.39. The van der Waals surface area contributed by atoms with E-state index in [1.54, 1.807) is 40.1 Å². The lowest BCUT2D eigenvalue weighted by Crippen LogP contribution is -2.55. The number of nitrogens with one attached hydrogen (secondary N) is 4. The highest BCUT2D eigenvalue weighted by Crippen LogP contribution is 2.33. The Hall–Kier alpha value is -4.96. The molecular weight excluding hydrogens is 759 g/mol. The fourth-order valence-electron chi connectivity index (χ4n) is 8.39. The second-order valence-corrected chi connectivity index (χ2v) is 17.0. The van der Waals surface area contributed by atoms with Crippen LogP contribution in [0, 0.1) is 23.5 Å². The third-order valence-electron chi connectivity index (χ3n) is 11.9. The molecule has 0 radical (unpaired) electrons. The Morgan fingerprint density at radius 1 is 0.695 bits per heavy atom. The van der Waals surface area contributed by atoms with Crippen molar-refractivity contribution in [3.8, 4) is 11.6 Å². The van der Waals surface area contributed by atoms with Gasteiger partial charge in [0.2, 0.25) is 23.6 Å². The summed E-state index contributed by atoms with van der Waals surface area (Å²) in [6.07, 6.45) is 3.39. The van der Waals surface area contributed by atoms with Gasteiger partial charge in [0.1, 0.15) is 23.7 Å². The molecule has 4 heterocycles. The first kappa shape index (κ1) is 43.6. The number of carbonyl (C=O) groups excluding carboxylic acids is 4. The number of likely N-dealkylation sites (tertiary alicyclic amines) is 2. The van der Waals surface area contributed by atoms with Crippen LogP contribution >= 0.6 is 0 Å². The van der Waals surface area contributed by atoms with Crippen molar-refractivity contribution in [2.45, 2.75) is 123 Å². The Morgan fingerprint density at radius 2 is 1.15 bits per heavy atom. The predicted molar refractivity (Wildman–Crippen MR) is 223 cm³/mol. The van der Waals surface area contributed by atoms with Crippen LogP contribution in [0.2, 0.25) is 0 Å². The summed E-state index contributed by atoms with van der Waals surface area (Å²) in [7, 11) is 3.39. The van der Waals surface area contributed by atoms with Gasteiger partial charge in [0.15, 0.2) is 11.6 Å². The monoisotopic (exact) mass is 818 g/mol. The second kappa shape index (κ2) is 18.5. The van der Waals surface area contributed by atoms with Crippen molar-refractivity contribution in [2.75, 3.05) is 27.2 Å². The van der Waals surface area contributed by atoms with Crippen molar-refractivity contribution in [1.82, 2.24) is 50.2 Å². The average Bonchev–Trinajstić information content (AvgIpc) is 4.01. The number of amides is 4. The van der Waals surface area contributed by atoms with Gasteiger partial charge in [0, 0.05) is 50.4 Å². The van der Waals surface area contributed by atoms with Gasteiger partial charge in [-0.05, 0) is 96.1 Å². The van der Waals surface area contributed by atoms with E-state index >= 15 is 0 Å². The van der Waals surface area contributed by atoms with Gasteiger partial charge in [-0.3, -0.25) is 19.2 Å². The normalized spacial score (nSPS) is 19.2. The maximum Gasteiger partial charge on any atom is 0.245 e. The van der Waals surface area contributed by atoms with Gasteiger partial charge >= 0.3 is 0 Å². The molecule has 2 fully saturated rings. The zero-order valence-corrected chi connectivity index (χ0v) is 35.5. The standard InChI is InChI=1S/C43H60F2N10O4/c1-24(2)19-34(50-40(56)26(5)46-7)42(58)52-17-9-11-30(52)22-54-35-15-13-28(44)20-32(35)48-38(54)39-49-33-21-29(45)14-16-36(33)55(39)23-31-12-10-18-53(31)43(59)37(25(3)4)51-41(57)27(6)47-8/h13-16,20-21,24-27,30-31,34,37,46-47H,9-12,17-19,22-23H2,1-8H3,(H,50,56)(H,51,57)/t26-,27-,30+,31+,34-,37-/m1/s1. The highest BCUT2D eigenvalue weighted by molar-refractivity contribution is 5.91. The maximum atomic E-state index is 14.8. The summed E-state index contributed by atoms with van der Waals surface area (Å²) in [5, 5.41) is 11.8. The van der Waals surface area contributed by atoms with Crippen molar-refractivity contribution in [3.05, 3.63) is 48.0 Å². The molecule has 0 spiro atoms. The lowest BCUT2D eigenvalue weighted by atomic mass is 10.0. The van der Waals surface area contributed by atoms with Gasteiger partial charge in [-0.25, -0.2) is 18.7 Å². The van der Waals surface area contributed by atoms with Crippen molar-refractivity contribution in [1.29, 1.82) is 0 Å². The zero-order chi connectivity index (χ0) is 42.7. The van der Waals surface area contributed by atoms with Crippen molar-refractivity contribution >= 4 is 45.7 Å². The maximum absolute atomic E-state index is 14.8. The molecule has 2 aliphatic heterocycles. The first-order valence-corrected chi connectivity index (χ1v) is 21.0. The van der Waals surface area contributed by atoms with Crippen LogP contribution in [-0.4, -0.2) is 116 Å². The summed E-state index contributed by atoms with van der Waals surface area (Å²) in [6, 6.07) is 5.87. The SMILES string of the molecule is CN[C@H](C)C(=O)N[C@H](CC(C)C)C(=O)N1CCC[C@H]1Cn1c(-c2nc3cc(F)ccc3n2C[C@@H]2CCCN2C(=O)[C@H](NC(=O)[C@@H](C)NC)C(C)C)nc2cc(F)ccc21. The third kappa shape index (κ3) is 9.43. The molecule has 6 rings (SSSR count). The Bertz CT molecular complexity index is 2170. The number of benzene rings is 2. The van der Waals surface area contributed by atoms with Crippen LogP contribution in [0.25, 0.3) is 33.7 Å². The lowest BCUT2D eigenvalue weighted by Gasteiger charge is -2.32. The Balaban J connectivity index is 1.38. The number of rotatable bonds is 16. The summed E-state index contributed by atoms with van der Waals surface area (Å²) in [5.74, 6) is -0.936. The molecule has 0 bridgehead atoms. The minimum absolute atomic E-state index is 0.148. The van der Waals surface area contributed by atoms with E-state index in [1.807, 2.05) is 46.6 Å². The minimum Gasteiger partial charge on any atom is -0.343 e. The summed E-state index contributed by atoms with van der Waals surface area (Å²) >= 11 is 0. The van der Waals surface area contributed by atoms with Gasteiger partial charge in [-0.15, -0.1) is 0 Å². The number of imidazole rings is 2. The van der Waals surface area contributed by atoms with Crippen molar-refractivity contribution in [3.63, 3.8) is 0 Å². The number of fused-ring (bicyclic) bond motifs is 2. The molecule has 4 aromatic rings. The molecule has 59 heavy (non-hydrogen) atoms. The van der Waals surface area contributed by atoms with Gasteiger partial charge < -0.3 is 40.2 Å². The number of aromatic nitrogens is 4. The number of nitrogens with zero attached hydrogens (tertiary/aromatic N) is 6. The van der Waals surface area contributed by atoms with Gasteiger partial charge in [-0.1, -0.05) is 27.7 Å². The minimum atomic E-state index is -0.733. The third-order valence-corrected chi connectivity index (χ3v) is 11.9. The van der Waals surface area contributed by atoms with Crippen LogP contribution in [-0.2, 0) is 32.3 Å². The summed E-state index contributed by atoms with van der Waals surface area (Å²) in [4.78, 5) is 68.1. The average molecular weight is 819 g/mol. The summed E-state index contributed by atoms with van der Waals surface area (Å²) < 4.78 is 33.5. The van der Waals surface area contributed by atoms with E-state index in [9.17, 15) is 28.0 Å². The topological polar surface area (TPSA) is 159 Å². The fraction of sp³-hybridized carbons (Fsp3) is 0.581. The quantitative estimate of drug-likeness (QED) is 0.131. The molecule has 2 aromatic heterocycles. The van der Waals surface area contributed by atoms with E-state index in [-0.39, 0.29) is 47.5 Å². The number of halogens is 2. The molecule has 2 aromatic carbocycles.